The van der Waals surface area contributed by atoms with Crippen LogP contribution < -0.4 is 0 Å². The molecule has 0 heterocycles. The molecule has 1 nitrogen and oxygen atoms in total. The second-order valence-corrected chi connectivity index (χ2v) is 1.05. The summed E-state index contributed by atoms with van der Waals surface area (Å²) in [5.74, 6) is 0. The minimum absolute atomic E-state index is 0.250. The summed E-state index contributed by atoms with van der Waals surface area (Å²) >= 11 is 0. The zero-order valence-electron chi connectivity index (χ0n) is 5.71. The van der Waals surface area contributed by atoms with Gasteiger partial charge in [0.2, 0.25) is 6.86 Å². The summed E-state index contributed by atoms with van der Waals surface area (Å²) in [4.78, 5) is 0. The Hall–Kier alpha value is -0.810. The maximum atomic E-state index is 11.2. The molecule has 0 fully saturated rings. The highest BCUT2D eigenvalue weighted by atomic mass is 19.3. The van der Waals surface area contributed by atoms with Crippen molar-refractivity contribution in [1.82, 2.24) is 0 Å². The Kier molecular flexibility index (Phi) is 10.7. The van der Waals surface area contributed by atoms with E-state index in [9.17, 15) is 22.0 Å². The van der Waals surface area contributed by atoms with Gasteiger partial charge in [-0.2, -0.15) is 13.2 Å². The standard InChI is InChI=1S/C3H2F4O.C2H5F/c4-1-8-3(7)2(5)6;1-2-3/h1H2;2H2,1H3. The third-order valence-electron chi connectivity index (χ3n) is 0.330. The van der Waals surface area contributed by atoms with Gasteiger partial charge in [-0.25, -0.2) is 4.39 Å². The van der Waals surface area contributed by atoms with E-state index in [1.807, 2.05) is 0 Å². The zero-order chi connectivity index (χ0) is 9.28. The van der Waals surface area contributed by atoms with Crippen LogP contribution in [0.2, 0.25) is 0 Å². The molecule has 0 unspecified atom stereocenters. The van der Waals surface area contributed by atoms with Crippen molar-refractivity contribution in [2.24, 2.45) is 0 Å². The molecule has 0 aliphatic carbocycles. The minimum Gasteiger partial charge on any atom is -0.435 e. The lowest BCUT2D eigenvalue weighted by atomic mass is 10.9. The number of ether oxygens (including phenoxy) is 1. The molecule has 0 saturated heterocycles. The fraction of sp³-hybridized carbons (Fsp3) is 0.600. The Morgan fingerprint density at radius 1 is 1.18 bits per heavy atom. The topological polar surface area (TPSA) is 9.23 Å². The summed E-state index contributed by atoms with van der Waals surface area (Å²) < 4.78 is 57.0. The van der Waals surface area contributed by atoms with Gasteiger partial charge in [-0.3, -0.25) is 4.39 Å². The number of hydrogen-bond donors (Lipinski definition) is 0. The molecule has 0 aromatic rings. The Balaban J connectivity index is 0. The smallest absolute Gasteiger partial charge is 0.342 e. The van der Waals surface area contributed by atoms with Gasteiger partial charge in [0.1, 0.15) is 0 Å². The van der Waals surface area contributed by atoms with Crippen molar-refractivity contribution >= 4 is 0 Å². The van der Waals surface area contributed by atoms with E-state index in [4.69, 9.17) is 0 Å². The summed E-state index contributed by atoms with van der Waals surface area (Å²) in [6.07, 6.45) is -2.65. The molecule has 68 valence electrons. The predicted octanol–water partition coefficient (Wildman–Crippen LogP) is 2.94. The van der Waals surface area contributed by atoms with Crippen LogP contribution in [0.1, 0.15) is 6.92 Å². The first kappa shape index (κ1) is 12.8. The minimum atomic E-state index is -2.65. The van der Waals surface area contributed by atoms with Crippen molar-refractivity contribution < 1.29 is 26.7 Å². The van der Waals surface area contributed by atoms with Gasteiger partial charge in [0, 0.05) is 0 Å². The SMILES string of the molecule is CCF.FCOC(F)=C(F)F. The lowest BCUT2D eigenvalue weighted by Gasteiger charge is -1.90. The number of rotatable bonds is 2. The molecule has 0 amide bonds. The monoisotopic (exact) mass is 178 g/mol. The van der Waals surface area contributed by atoms with Gasteiger partial charge in [0.05, 0.1) is 6.67 Å². The van der Waals surface area contributed by atoms with E-state index < -0.39 is 19.0 Å². The molecule has 0 spiro atoms. The first-order valence-corrected chi connectivity index (χ1v) is 2.55. The lowest BCUT2D eigenvalue weighted by molar-refractivity contribution is 0.0563. The normalized spacial score (nSPS) is 7.82. The first-order valence-electron chi connectivity index (χ1n) is 2.55. The van der Waals surface area contributed by atoms with Crippen molar-refractivity contribution in [2.45, 2.75) is 6.92 Å². The second-order valence-electron chi connectivity index (χ2n) is 1.05. The van der Waals surface area contributed by atoms with E-state index in [0.717, 1.165) is 0 Å². The van der Waals surface area contributed by atoms with Crippen LogP contribution in [0.3, 0.4) is 0 Å². The lowest BCUT2D eigenvalue weighted by Crippen LogP contribution is -1.83. The van der Waals surface area contributed by atoms with E-state index in [-0.39, 0.29) is 6.67 Å². The van der Waals surface area contributed by atoms with Crippen LogP contribution in [0.5, 0.6) is 0 Å². The van der Waals surface area contributed by atoms with E-state index in [2.05, 4.69) is 4.74 Å². The molecule has 0 aromatic heterocycles. The molecule has 0 aliphatic heterocycles. The summed E-state index contributed by atoms with van der Waals surface area (Å²) in [6, 6.07) is -2.16. The summed E-state index contributed by atoms with van der Waals surface area (Å²) in [5.41, 5.74) is 0. The van der Waals surface area contributed by atoms with Crippen LogP contribution in [0.25, 0.3) is 0 Å². The Bertz CT molecular complexity index is 109. The van der Waals surface area contributed by atoms with Crippen molar-refractivity contribution in [1.29, 1.82) is 0 Å². The Morgan fingerprint density at radius 2 is 1.55 bits per heavy atom. The van der Waals surface area contributed by atoms with E-state index in [1.165, 1.54) is 6.92 Å². The molecule has 11 heavy (non-hydrogen) atoms. The highest BCUT2D eigenvalue weighted by molar-refractivity contribution is 4.79. The van der Waals surface area contributed by atoms with Crippen LogP contribution in [0, 0.1) is 0 Å². The molecule has 0 saturated carbocycles. The molecule has 6 heteroatoms. The fourth-order valence-corrected chi connectivity index (χ4v) is 0.102. The summed E-state index contributed by atoms with van der Waals surface area (Å²) in [7, 11) is 0. The average molecular weight is 178 g/mol. The second kappa shape index (κ2) is 9.19. The van der Waals surface area contributed by atoms with Crippen LogP contribution in [0.4, 0.5) is 22.0 Å². The third kappa shape index (κ3) is 12.4. The van der Waals surface area contributed by atoms with Crippen LogP contribution >= 0.6 is 0 Å². The number of halogens is 5. The molecule has 0 radical (unpaired) electrons. The van der Waals surface area contributed by atoms with Gasteiger partial charge in [-0.15, -0.1) is 0 Å². The number of hydrogen-bond acceptors (Lipinski definition) is 1. The van der Waals surface area contributed by atoms with E-state index in [0.29, 0.717) is 0 Å². The maximum Gasteiger partial charge on any atom is 0.342 e. The van der Waals surface area contributed by atoms with Crippen molar-refractivity contribution in [2.75, 3.05) is 13.5 Å². The van der Waals surface area contributed by atoms with Gasteiger partial charge in [0.15, 0.2) is 0 Å². The maximum absolute atomic E-state index is 11.2. The van der Waals surface area contributed by atoms with Gasteiger partial charge in [-0.1, -0.05) is 0 Å². The molecule has 0 aliphatic rings. The van der Waals surface area contributed by atoms with Gasteiger partial charge < -0.3 is 4.74 Å². The van der Waals surface area contributed by atoms with Crippen LogP contribution in [-0.4, -0.2) is 13.5 Å². The van der Waals surface area contributed by atoms with Crippen molar-refractivity contribution in [3.05, 3.63) is 12.1 Å². The zero-order valence-corrected chi connectivity index (χ0v) is 5.71. The van der Waals surface area contributed by atoms with Crippen molar-refractivity contribution in [3.8, 4) is 0 Å². The summed E-state index contributed by atoms with van der Waals surface area (Å²) in [5, 5.41) is 0. The highest BCUT2D eigenvalue weighted by Gasteiger charge is 2.03. The summed E-state index contributed by atoms with van der Waals surface area (Å²) in [6.45, 7) is -0.372. The molecule has 0 aromatic carbocycles. The largest absolute Gasteiger partial charge is 0.435 e. The van der Waals surface area contributed by atoms with Crippen LogP contribution in [-0.2, 0) is 4.74 Å². The molecule has 0 N–H and O–H groups in total. The molecule has 0 atom stereocenters. The van der Waals surface area contributed by atoms with Crippen LogP contribution in [0.15, 0.2) is 12.1 Å². The fourth-order valence-electron chi connectivity index (χ4n) is 0.102. The molecular weight excluding hydrogens is 171 g/mol. The van der Waals surface area contributed by atoms with Gasteiger partial charge in [-0.05, 0) is 6.92 Å². The highest BCUT2D eigenvalue weighted by Crippen LogP contribution is 2.09. The van der Waals surface area contributed by atoms with E-state index in [1.54, 1.807) is 0 Å². The average Bonchev–Trinajstić information content (AvgIpc) is 1.90. The Labute approximate surface area is 60.5 Å². The molecule has 0 bridgehead atoms. The van der Waals surface area contributed by atoms with Gasteiger partial charge in [0.25, 0.3) is 0 Å². The van der Waals surface area contributed by atoms with Gasteiger partial charge >= 0.3 is 12.1 Å². The quantitative estimate of drug-likeness (QED) is 0.466. The van der Waals surface area contributed by atoms with Crippen molar-refractivity contribution in [3.63, 3.8) is 0 Å². The first-order chi connectivity index (χ1) is 5.09. The number of alkyl halides is 2. The molecular formula is C5H7F5O. The van der Waals surface area contributed by atoms with E-state index >= 15 is 0 Å². The third-order valence-corrected chi connectivity index (χ3v) is 0.330. The Morgan fingerprint density at radius 3 is 1.64 bits per heavy atom. The predicted molar refractivity (Wildman–Crippen MR) is 29.1 cm³/mol. The molecule has 0 rings (SSSR count).